The number of guanidine groups is 1. The number of nitrogens with two attached hydrogens (primary N) is 3. The lowest BCUT2D eigenvalue weighted by Crippen LogP contribution is -3.00. The van der Waals surface area contributed by atoms with E-state index >= 15 is 0 Å². The highest BCUT2D eigenvalue weighted by Gasteiger charge is 2.11. The number of amides is 1. The maximum atomic E-state index is 10.5. The Hall–Kier alpha value is -0.760. The molecule has 0 radical (unpaired) electrons. The summed E-state index contributed by atoms with van der Waals surface area (Å²) in [7, 11) is 0. The minimum absolute atomic E-state index is 0. The van der Waals surface area contributed by atoms with Crippen LogP contribution in [0.5, 0.6) is 0 Å². The summed E-state index contributed by atoms with van der Waals surface area (Å²) in [6.07, 6.45) is 1.42. The minimum atomic E-state index is -0.375. The SMILES string of the molecule is NC(=O)[C@@H]([NH3+])CCC[NH+]=C(N)N.O.[Cl-].[Cl-]. The quantitative estimate of drug-likeness (QED) is 0.189. The van der Waals surface area contributed by atoms with Gasteiger partial charge in [0.2, 0.25) is 0 Å². The van der Waals surface area contributed by atoms with Gasteiger partial charge in [0.15, 0.2) is 6.04 Å². The zero-order chi connectivity index (χ0) is 9.56. The van der Waals surface area contributed by atoms with E-state index in [0.717, 1.165) is 6.42 Å². The molecule has 0 bridgehead atoms. The number of nitrogens with one attached hydrogen (secondary N) is 1. The molecule has 15 heavy (non-hydrogen) atoms. The Morgan fingerprint density at radius 2 is 1.73 bits per heavy atom. The molecule has 9 heteroatoms. The molecule has 0 aromatic carbocycles. The monoisotopic (exact) mass is 263 g/mol. The Labute approximate surface area is 101 Å². The number of halogens is 2. The van der Waals surface area contributed by atoms with E-state index in [2.05, 4.69) is 10.7 Å². The standard InChI is InChI=1S/C6H15N5O.2ClH.H2O/c7-4(5(8)12)2-1-3-11-6(9)10;;;/h4H,1-3,7H2,(H2,8,12)(H4,9,10,11);2*1H;1H2/t4-;;;/m0.../s1. The maximum Gasteiger partial charge on any atom is 0.338 e. The molecule has 0 rings (SSSR count). The highest BCUT2D eigenvalue weighted by molar-refractivity contribution is 5.78. The van der Waals surface area contributed by atoms with Crippen LogP contribution in [0.2, 0.25) is 0 Å². The van der Waals surface area contributed by atoms with Gasteiger partial charge in [-0.15, -0.1) is 0 Å². The normalized spacial score (nSPS) is 9.67. The van der Waals surface area contributed by atoms with Crippen molar-refractivity contribution in [1.29, 1.82) is 0 Å². The number of rotatable bonds is 5. The molecule has 0 aromatic heterocycles. The van der Waals surface area contributed by atoms with Crippen LogP contribution in [0.3, 0.4) is 0 Å². The van der Waals surface area contributed by atoms with Crippen molar-refractivity contribution in [3.8, 4) is 0 Å². The van der Waals surface area contributed by atoms with Gasteiger partial charge >= 0.3 is 5.96 Å². The Bertz CT molecular complexity index is 186. The molecular weight excluding hydrogens is 245 g/mol. The molecule has 0 aliphatic carbocycles. The average Bonchev–Trinajstić information content (AvgIpc) is 1.97. The van der Waals surface area contributed by atoms with Crippen LogP contribution in [-0.2, 0) is 4.79 Å². The number of hydrogen-bond donors (Lipinski definition) is 5. The average molecular weight is 264 g/mol. The highest BCUT2D eigenvalue weighted by atomic mass is 35.5. The van der Waals surface area contributed by atoms with Gasteiger partial charge in [-0.3, -0.25) is 21.3 Å². The fraction of sp³-hybridized carbons (Fsp3) is 0.667. The van der Waals surface area contributed by atoms with Crippen LogP contribution in [0, 0.1) is 0 Å². The van der Waals surface area contributed by atoms with Crippen LogP contribution in [0.25, 0.3) is 0 Å². The number of carbonyl (C=O) groups is 1. The Kier molecular flexibility index (Phi) is 21.0. The third-order valence-electron chi connectivity index (χ3n) is 1.46. The number of quaternary nitrogens is 1. The van der Waals surface area contributed by atoms with E-state index in [4.69, 9.17) is 17.2 Å². The van der Waals surface area contributed by atoms with E-state index in [-0.39, 0.29) is 48.2 Å². The fourth-order valence-corrected chi connectivity index (χ4v) is 0.723. The van der Waals surface area contributed by atoms with Gasteiger partial charge in [0, 0.05) is 6.42 Å². The molecule has 0 heterocycles. The van der Waals surface area contributed by atoms with Crippen LogP contribution in [-0.4, -0.2) is 29.9 Å². The van der Waals surface area contributed by atoms with Crippen molar-refractivity contribution in [3.63, 3.8) is 0 Å². The first-order valence-corrected chi connectivity index (χ1v) is 3.78. The van der Waals surface area contributed by atoms with Gasteiger partial charge in [-0.25, -0.2) is 0 Å². The van der Waals surface area contributed by atoms with E-state index in [9.17, 15) is 4.79 Å². The third kappa shape index (κ3) is 16.0. The van der Waals surface area contributed by atoms with E-state index in [1.807, 2.05) is 0 Å². The predicted octanol–water partition coefficient (Wildman–Crippen LogP) is -11.6. The first kappa shape index (κ1) is 23.8. The molecule has 0 saturated carbocycles. The van der Waals surface area contributed by atoms with Crippen molar-refractivity contribution in [3.05, 3.63) is 0 Å². The van der Waals surface area contributed by atoms with Crippen LogP contribution < -0.4 is 52.7 Å². The number of carbonyl (C=O) groups excluding carboxylic acids is 1. The fourth-order valence-electron chi connectivity index (χ4n) is 0.723. The van der Waals surface area contributed by atoms with Crippen molar-refractivity contribution in [2.75, 3.05) is 6.54 Å². The van der Waals surface area contributed by atoms with Crippen LogP contribution >= 0.6 is 0 Å². The lowest BCUT2D eigenvalue weighted by molar-refractivity contribution is -0.463. The second-order valence-corrected chi connectivity index (χ2v) is 2.62. The van der Waals surface area contributed by atoms with Gasteiger partial charge in [-0.2, -0.15) is 0 Å². The molecule has 0 spiro atoms. The van der Waals surface area contributed by atoms with Crippen molar-refractivity contribution in [1.82, 2.24) is 0 Å². The Morgan fingerprint density at radius 1 is 1.27 bits per heavy atom. The highest BCUT2D eigenvalue weighted by Crippen LogP contribution is 1.87. The number of primary amides is 1. The summed E-state index contributed by atoms with van der Waals surface area (Å²) in [5.74, 6) is -0.186. The molecule has 94 valence electrons. The van der Waals surface area contributed by atoms with Gasteiger partial charge in [-0.05, 0) is 6.42 Å². The topological polar surface area (TPSA) is 168 Å². The van der Waals surface area contributed by atoms with E-state index in [0.29, 0.717) is 13.0 Å². The summed E-state index contributed by atoms with van der Waals surface area (Å²) in [5.41, 5.74) is 18.9. The van der Waals surface area contributed by atoms with Crippen molar-refractivity contribution < 1.29 is 45.8 Å². The van der Waals surface area contributed by atoms with E-state index in [1.54, 1.807) is 0 Å². The van der Waals surface area contributed by atoms with Gasteiger partial charge in [0.05, 0.1) is 6.54 Å². The molecule has 7 nitrogen and oxygen atoms in total. The largest absolute Gasteiger partial charge is 1.00 e. The molecule has 0 fully saturated rings. The molecular formula is C6H19Cl2N5O2. The van der Waals surface area contributed by atoms with E-state index in [1.165, 1.54) is 0 Å². The van der Waals surface area contributed by atoms with Gasteiger partial charge in [0.25, 0.3) is 5.91 Å². The molecule has 12 N–H and O–H groups in total. The molecule has 0 saturated heterocycles. The lowest BCUT2D eigenvalue weighted by atomic mass is 10.1. The smallest absolute Gasteiger partial charge is 0.338 e. The van der Waals surface area contributed by atoms with Crippen molar-refractivity contribution in [2.24, 2.45) is 17.2 Å². The van der Waals surface area contributed by atoms with Gasteiger partial charge in [-0.1, -0.05) is 0 Å². The summed E-state index contributed by atoms with van der Waals surface area (Å²) in [6.45, 7) is 0.641. The molecule has 0 aromatic rings. The second-order valence-electron chi connectivity index (χ2n) is 2.62. The zero-order valence-corrected chi connectivity index (χ0v) is 9.81. The van der Waals surface area contributed by atoms with Crippen LogP contribution in [0.4, 0.5) is 0 Å². The number of hydrogen-bond acceptors (Lipinski definition) is 1. The first-order chi connectivity index (χ1) is 5.54. The molecule has 1 amide bonds. The Morgan fingerprint density at radius 3 is 2.07 bits per heavy atom. The summed E-state index contributed by atoms with van der Waals surface area (Å²) in [5, 5.41) is 0. The molecule has 0 aliphatic heterocycles. The van der Waals surface area contributed by atoms with Crippen LogP contribution in [0.15, 0.2) is 0 Å². The maximum absolute atomic E-state index is 10.5. The van der Waals surface area contributed by atoms with Crippen LogP contribution in [0.1, 0.15) is 12.8 Å². The van der Waals surface area contributed by atoms with Gasteiger partial charge in [0.1, 0.15) is 0 Å². The minimum Gasteiger partial charge on any atom is -1.00 e. The summed E-state index contributed by atoms with van der Waals surface area (Å²) >= 11 is 0. The van der Waals surface area contributed by atoms with E-state index < -0.39 is 0 Å². The molecule has 0 aliphatic rings. The second kappa shape index (κ2) is 13.2. The van der Waals surface area contributed by atoms with Crippen molar-refractivity contribution in [2.45, 2.75) is 18.9 Å². The van der Waals surface area contributed by atoms with Gasteiger partial charge < -0.3 is 41.8 Å². The Balaban J connectivity index is -0.000000202. The summed E-state index contributed by atoms with van der Waals surface area (Å²) in [4.78, 5) is 13.2. The third-order valence-corrected chi connectivity index (χ3v) is 1.46. The lowest BCUT2D eigenvalue weighted by Gasteiger charge is -2.00. The molecule has 0 unspecified atom stereocenters. The molecule has 1 atom stereocenters. The summed E-state index contributed by atoms with van der Waals surface area (Å²) < 4.78 is 0. The summed E-state index contributed by atoms with van der Waals surface area (Å²) in [6, 6.07) is -0.328. The predicted molar refractivity (Wildman–Crippen MR) is 47.9 cm³/mol. The zero-order valence-electron chi connectivity index (χ0n) is 8.30. The first-order valence-electron chi connectivity index (χ1n) is 3.78. The van der Waals surface area contributed by atoms with Crippen molar-refractivity contribution >= 4 is 11.9 Å².